The van der Waals surface area contributed by atoms with Crippen molar-refractivity contribution in [3.05, 3.63) is 0 Å². The van der Waals surface area contributed by atoms with Gasteiger partial charge in [-0.1, -0.05) is 0 Å². The molecule has 0 saturated heterocycles. The number of ether oxygens (including phenoxy) is 3. The predicted molar refractivity (Wildman–Crippen MR) is 105 cm³/mol. The van der Waals surface area contributed by atoms with E-state index >= 15 is 0 Å². The molecule has 2 fully saturated rings. The van der Waals surface area contributed by atoms with E-state index in [1.165, 1.54) is 0 Å². The summed E-state index contributed by atoms with van der Waals surface area (Å²) in [4.78, 5) is 36.6. The fraction of sp³-hybridized carbons (Fsp3) is 0.857. The molecule has 2 aliphatic rings. The van der Waals surface area contributed by atoms with Gasteiger partial charge in [-0.15, -0.1) is 0 Å². The molecule has 0 bridgehead atoms. The number of amides is 1. The summed E-state index contributed by atoms with van der Waals surface area (Å²) < 4.78 is 16.1. The molecular weight excluding hydrogens is 378 g/mol. The Hall–Kier alpha value is -1.83. The number of hydrogen-bond donors (Lipinski definition) is 2. The van der Waals surface area contributed by atoms with Crippen LogP contribution in [0.3, 0.4) is 0 Å². The minimum Gasteiger partial charge on any atom is -0.462 e. The smallest absolute Gasteiger partial charge is 0.408 e. The molecule has 2 aliphatic carbocycles. The molecule has 1 amide bonds. The van der Waals surface area contributed by atoms with Crippen LogP contribution >= 0.6 is 0 Å². The second-order valence-electron chi connectivity index (χ2n) is 10.8. The van der Waals surface area contributed by atoms with Crippen LogP contribution in [0.25, 0.3) is 0 Å². The lowest BCUT2D eigenvalue weighted by Crippen LogP contribution is -2.59. The van der Waals surface area contributed by atoms with Gasteiger partial charge in [-0.05, 0) is 73.6 Å². The second-order valence-corrected chi connectivity index (χ2v) is 10.8. The third-order valence-electron chi connectivity index (χ3n) is 5.36. The van der Waals surface area contributed by atoms with Crippen molar-refractivity contribution in [2.75, 3.05) is 0 Å². The summed E-state index contributed by atoms with van der Waals surface area (Å²) >= 11 is 0. The Bertz CT molecular complexity index is 661. The zero-order valence-electron chi connectivity index (χ0n) is 18.7. The second kappa shape index (κ2) is 7.45. The molecule has 0 aromatic heterocycles. The SMILES string of the molecule is CC(C)(C)OC(=O)N[C@@]1(C(=O)OC(C)(C)C)C[C@H](O)[C@H]2[C@H](CC(C)(C)OC=O)[C@H]21. The lowest BCUT2D eigenvalue weighted by Gasteiger charge is -2.36. The van der Waals surface area contributed by atoms with Crippen LogP contribution in [0.1, 0.15) is 68.2 Å². The maximum atomic E-state index is 13.2. The number of aliphatic hydroxyl groups excluding tert-OH is 1. The molecule has 166 valence electrons. The summed E-state index contributed by atoms with van der Waals surface area (Å²) in [5.41, 5.74) is -3.63. The number of carbonyl (C=O) groups excluding carboxylic acids is 3. The van der Waals surface area contributed by atoms with E-state index in [0.717, 1.165) is 0 Å². The summed E-state index contributed by atoms with van der Waals surface area (Å²) in [6.45, 7) is 14.4. The lowest BCUT2D eigenvalue weighted by atomic mass is 9.86. The molecule has 2 saturated carbocycles. The Kier molecular flexibility index (Phi) is 6.03. The number of aliphatic hydroxyl groups is 1. The predicted octanol–water partition coefficient (Wildman–Crippen LogP) is 2.56. The molecule has 0 heterocycles. The molecule has 0 aromatic rings. The van der Waals surface area contributed by atoms with Gasteiger partial charge in [-0.2, -0.15) is 0 Å². The van der Waals surface area contributed by atoms with Gasteiger partial charge in [0.2, 0.25) is 0 Å². The van der Waals surface area contributed by atoms with Crippen molar-refractivity contribution in [3.8, 4) is 0 Å². The van der Waals surface area contributed by atoms with Crippen LogP contribution in [-0.4, -0.2) is 52.1 Å². The van der Waals surface area contributed by atoms with Crippen molar-refractivity contribution in [2.24, 2.45) is 17.8 Å². The minimum absolute atomic E-state index is 0.0575. The Balaban J connectivity index is 2.31. The molecule has 0 spiro atoms. The summed E-state index contributed by atoms with van der Waals surface area (Å²) in [5.74, 6) is -1.20. The maximum Gasteiger partial charge on any atom is 0.408 e. The summed E-state index contributed by atoms with van der Waals surface area (Å²) in [5, 5.41) is 13.4. The van der Waals surface area contributed by atoms with E-state index in [-0.39, 0.29) is 24.2 Å². The molecule has 0 unspecified atom stereocenters. The average Bonchev–Trinajstić information content (AvgIpc) is 3.06. The van der Waals surface area contributed by atoms with E-state index in [4.69, 9.17) is 14.2 Å². The third kappa shape index (κ3) is 5.41. The number of hydrogen-bond acceptors (Lipinski definition) is 7. The molecule has 5 atom stereocenters. The number of esters is 1. The molecule has 2 rings (SSSR count). The largest absolute Gasteiger partial charge is 0.462 e. The fourth-order valence-electron chi connectivity index (χ4n) is 4.49. The van der Waals surface area contributed by atoms with E-state index in [1.54, 1.807) is 55.4 Å². The fourth-order valence-corrected chi connectivity index (χ4v) is 4.49. The lowest BCUT2D eigenvalue weighted by molar-refractivity contribution is -0.165. The quantitative estimate of drug-likeness (QED) is 0.391. The number of rotatable bonds is 6. The summed E-state index contributed by atoms with van der Waals surface area (Å²) in [6.07, 6.45) is -0.995. The van der Waals surface area contributed by atoms with E-state index in [1.807, 2.05) is 0 Å². The van der Waals surface area contributed by atoms with Gasteiger partial charge in [0.05, 0.1) is 6.10 Å². The average molecular weight is 414 g/mol. The zero-order chi connectivity index (χ0) is 22.4. The highest BCUT2D eigenvalue weighted by atomic mass is 16.6. The number of alkyl carbamates (subject to hydrolysis) is 1. The monoisotopic (exact) mass is 413 g/mol. The van der Waals surface area contributed by atoms with Crippen molar-refractivity contribution < 1.29 is 33.7 Å². The highest BCUT2D eigenvalue weighted by Crippen LogP contribution is 2.65. The van der Waals surface area contributed by atoms with Crippen LogP contribution in [0.2, 0.25) is 0 Å². The van der Waals surface area contributed by atoms with E-state index < -0.39 is 40.5 Å². The van der Waals surface area contributed by atoms with Crippen LogP contribution in [0.4, 0.5) is 4.79 Å². The van der Waals surface area contributed by atoms with E-state index in [0.29, 0.717) is 12.9 Å². The zero-order valence-corrected chi connectivity index (χ0v) is 18.7. The maximum absolute atomic E-state index is 13.2. The van der Waals surface area contributed by atoms with Crippen molar-refractivity contribution >= 4 is 18.5 Å². The Morgan fingerprint density at radius 3 is 2.10 bits per heavy atom. The van der Waals surface area contributed by atoms with Crippen LogP contribution in [0.5, 0.6) is 0 Å². The highest BCUT2D eigenvalue weighted by molar-refractivity contribution is 5.88. The Morgan fingerprint density at radius 1 is 1.07 bits per heavy atom. The normalized spacial score (nSPS) is 31.5. The van der Waals surface area contributed by atoms with Gasteiger partial charge >= 0.3 is 12.1 Å². The first-order valence-corrected chi connectivity index (χ1v) is 10.1. The van der Waals surface area contributed by atoms with Crippen molar-refractivity contribution in [1.82, 2.24) is 5.32 Å². The summed E-state index contributed by atoms with van der Waals surface area (Å²) in [7, 11) is 0. The third-order valence-corrected chi connectivity index (χ3v) is 5.36. The van der Waals surface area contributed by atoms with E-state index in [9.17, 15) is 19.5 Å². The molecule has 8 nitrogen and oxygen atoms in total. The van der Waals surface area contributed by atoms with Crippen LogP contribution in [-0.2, 0) is 23.8 Å². The van der Waals surface area contributed by atoms with Crippen LogP contribution in [0.15, 0.2) is 0 Å². The molecule has 0 aromatic carbocycles. The molecule has 8 heteroatoms. The molecule has 29 heavy (non-hydrogen) atoms. The molecular formula is C21H35NO7. The molecule has 0 aliphatic heterocycles. The van der Waals surface area contributed by atoms with Gasteiger partial charge in [-0.3, -0.25) is 4.79 Å². The minimum atomic E-state index is -1.39. The van der Waals surface area contributed by atoms with Gasteiger partial charge in [0.25, 0.3) is 6.47 Å². The number of carbonyl (C=O) groups is 3. The van der Waals surface area contributed by atoms with Crippen molar-refractivity contribution in [1.29, 1.82) is 0 Å². The first kappa shape index (κ1) is 23.4. The van der Waals surface area contributed by atoms with Crippen LogP contribution < -0.4 is 5.32 Å². The first-order valence-electron chi connectivity index (χ1n) is 10.1. The highest BCUT2D eigenvalue weighted by Gasteiger charge is 2.74. The Labute approximate surface area is 172 Å². The number of fused-ring (bicyclic) bond motifs is 1. The van der Waals surface area contributed by atoms with Gasteiger partial charge in [0.15, 0.2) is 0 Å². The van der Waals surface area contributed by atoms with Crippen LogP contribution in [0, 0.1) is 17.8 Å². The first-order chi connectivity index (χ1) is 13.0. The van der Waals surface area contributed by atoms with Gasteiger partial charge in [-0.25, -0.2) is 9.59 Å². The molecule has 0 radical (unpaired) electrons. The van der Waals surface area contributed by atoms with Gasteiger partial charge < -0.3 is 24.6 Å². The summed E-state index contributed by atoms with van der Waals surface area (Å²) in [6, 6.07) is 0. The standard InChI is InChI=1S/C21H35NO7/c1-18(2,3)28-16(25)21(22-17(26)29-19(4,5)6)10-13(24)14-12(15(14)21)9-20(7,8)27-11-23/h11-15,24H,9-10H2,1-8H3,(H,22,26)/t12-,13-,14+,15+,21-/m0/s1. The van der Waals surface area contributed by atoms with Crippen molar-refractivity contribution in [2.45, 2.75) is 96.7 Å². The van der Waals surface area contributed by atoms with Crippen molar-refractivity contribution in [3.63, 3.8) is 0 Å². The van der Waals surface area contributed by atoms with E-state index in [2.05, 4.69) is 5.32 Å². The molecule has 2 N–H and O–H groups in total. The Morgan fingerprint density at radius 2 is 1.62 bits per heavy atom. The van der Waals surface area contributed by atoms with Gasteiger partial charge in [0.1, 0.15) is 22.3 Å². The number of nitrogens with one attached hydrogen (secondary N) is 1. The topological polar surface area (TPSA) is 111 Å². The van der Waals surface area contributed by atoms with Gasteiger partial charge in [0, 0.05) is 12.3 Å².